The van der Waals surface area contributed by atoms with Gasteiger partial charge in [-0.15, -0.1) is 0 Å². The summed E-state index contributed by atoms with van der Waals surface area (Å²) in [5.74, 6) is 2.87. The summed E-state index contributed by atoms with van der Waals surface area (Å²) < 4.78 is 11.0. The fourth-order valence-electron chi connectivity index (χ4n) is 3.26. The van der Waals surface area contributed by atoms with Crippen molar-refractivity contribution in [3.05, 3.63) is 17.5 Å². The molecule has 1 aromatic heterocycles. The van der Waals surface area contributed by atoms with Crippen molar-refractivity contribution in [2.75, 3.05) is 33.4 Å². The van der Waals surface area contributed by atoms with Gasteiger partial charge in [0.25, 0.3) is 0 Å². The number of ether oxygens (including phenoxy) is 1. The van der Waals surface area contributed by atoms with Crippen LogP contribution in [0.5, 0.6) is 0 Å². The molecule has 0 aromatic carbocycles. The van der Waals surface area contributed by atoms with Gasteiger partial charge in [-0.05, 0) is 26.2 Å². The van der Waals surface area contributed by atoms with Crippen molar-refractivity contribution in [1.29, 1.82) is 0 Å². The zero-order valence-corrected chi connectivity index (χ0v) is 15.5. The molecule has 0 aliphatic carbocycles. The Labute approximate surface area is 145 Å². The summed E-state index contributed by atoms with van der Waals surface area (Å²) in [4.78, 5) is 6.70. The third-order valence-corrected chi connectivity index (χ3v) is 4.76. The Kier molecular flexibility index (Phi) is 7.56. The van der Waals surface area contributed by atoms with Crippen molar-refractivity contribution in [2.45, 2.75) is 52.5 Å². The molecule has 0 saturated carbocycles. The van der Waals surface area contributed by atoms with E-state index < -0.39 is 0 Å². The molecule has 6 nitrogen and oxygen atoms in total. The van der Waals surface area contributed by atoms with Crippen molar-refractivity contribution < 1.29 is 9.26 Å². The number of aromatic nitrogens is 1. The van der Waals surface area contributed by atoms with Crippen molar-refractivity contribution in [3.63, 3.8) is 0 Å². The summed E-state index contributed by atoms with van der Waals surface area (Å²) in [6, 6.07) is 2.07. The van der Waals surface area contributed by atoms with Crippen LogP contribution < -0.4 is 5.32 Å². The van der Waals surface area contributed by atoms with E-state index in [2.05, 4.69) is 40.3 Å². The van der Waals surface area contributed by atoms with Gasteiger partial charge in [-0.1, -0.05) is 19.0 Å². The number of likely N-dealkylation sites (tertiary alicyclic amines) is 1. The summed E-state index contributed by atoms with van der Waals surface area (Å²) in [6.45, 7) is 10.7. The molecule has 0 bridgehead atoms. The van der Waals surface area contributed by atoms with Gasteiger partial charge in [0, 0.05) is 44.6 Å². The molecule has 0 spiro atoms. The van der Waals surface area contributed by atoms with Crippen LogP contribution in [0.4, 0.5) is 0 Å². The van der Waals surface area contributed by atoms with E-state index in [0.29, 0.717) is 18.4 Å². The number of rotatable bonds is 8. The number of hydrogen-bond donors (Lipinski definition) is 1. The Balaban J connectivity index is 1.84. The summed E-state index contributed by atoms with van der Waals surface area (Å²) in [5.41, 5.74) is 1.06. The summed E-state index contributed by atoms with van der Waals surface area (Å²) in [5, 5.41) is 7.61. The predicted molar refractivity (Wildman–Crippen MR) is 96.2 cm³/mol. The second kappa shape index (κ2) is 9.67. The van der Waals surface area contributed by atoms with Crippen LogP contribution in [-0.2, 0) is 11.3 Å². The Morgan fingerprint density at radius 3 is 2.92 bits per heavy atom. The van der Waals surface area contributed by atoms with E-state index in [4.69, 9.17) is 9.26 Å². The second-order valence-electron chi connectivity index (χ2n) is 6.39. The molecular weight excluding hydrogens is 304 g/mol. The highest BCUT2D eigenvalue weighted by Gasteiger charge is 2.25. The van der Waals surface area contributed by atoms with Crippen molar-refractivity contribution in [2.24, 2.45) is 10.9 Å². The zero-order valence-electron chi connectivity index (χ0n) is 15.5. The Hall–Kier alpha value is -1.56. The standard InChI is InChI=1S/C18H32N4O2/c1-5-15(6-2)17-10-16(24-21-17)11-20-18(19-4)22-9-8-14(12-22)13-23-7-3/h10,14-15H,5-9,11-13H2,1-4H3,(H,19,20). The van der Waals surface area contributed by atoms with Gasteiger partial charge >= 0.3 is 0 Å². The minimum absolute atomic E-state index is 0.486. The van der Waals surface area contributed by atoms with Crippen LogP contribution in [-0.4, -0.2) is 49.4 Å². The molecule has 1 N–H and O–H groups in total. The Bertz CT molecular complexity index is 511. The van der Waals surface area contributed by atoms with E-state index in [9.17, 15) is 0 Å². The minimum Gasteiger partial charge on any atom is -0.381 e. The molecule has 2 heterocycles. The van der Waals surface area contributed by atoms with Gasteiger partial charge in [0.15, 0.2) is 11.7 Å². The average molecular weight is 336 g/mol. The molecule has 2 rings (SSSR count). The molecule has 1 fully saturated rings. The predicted octanol–water partition coefficient (Wildman–Crippen LogP) is 3.01. The van der Waals surface area contributed by atoms with Gasteiger partial charge in [-0.25, -0.2) is 0 Å². The van der Waals surface area contributed by atoms with Crippen LogP contribution in [0.3, 0.4) is 0 Å². The van der Waals surface area contributed by atoms with Gasteiger partial charge in [-0.2, -0.15) is 0 Å². The number of guanidine groups is 1. The van der Waals surface area contributed by atoms with Gasteiger partial charge in [0.1, 0.15) is 0 Å². The van der Waals surface area contributed by atoms with E-state index in [1.54, 1.807) is 0 Å². The molecule has 0 radical (unpaired) electrons. The maximum Gasteiger partial charge on any atom is 0.194 e. The third kappa shape index (κ3) is 4.97. The maximum atomic E-state index is 5.54. The molecule has 1 aliphatic rings. The first-order valence-electron chi connectivity index (χ1n) is 9.20. The highest BCUT2D eigenvalue weighted by atomic mass is 16.5. The summed E-state index contributed by atoms with van der Waals surface area (Å²) in [7, 11) is 1.83. The third-order valence-electron chi connectivity index (χ3n) is 4.76. The number of hydrogen-bond acceptors (Lipinski definition) is 4. The molecule has 24 heavy (non-hydrogen) atoms. The highest BCUT2D eigenvalue weighted by molar-refractivity contribution is 5.80. The van der Waals surface area contributed by atoms with Crippen molar-refractivity contribution in [3.8, 4) is 0 Å². The lowest BCUT2D eigenvalue weighted by molar-refractivity contribution is 0.114. The second-order valence-corrected chi connectivity index (χ2v) is 6.39. The van der Waals surface area contributed by atoms with Crippen LogP contribution in [0.1, 0.15) is 57.4 Å². The molecule has 1 aliphatic heterocycles. The first kappa shape index (κ1) is 18.8. The van der Waals surface area contributed by atoms with Gasteiger partial charge < -0.3 is 19.5 Å². The fraction of sp³-hybridized carbons (Fsp3) is 0.778. The lowest BCUT2D eigenvalue weighted by Crippen LogP contribution is -2.39. The van der Waals surface area contributed by atoms with Crippen molar-refractivity contribution in [1.82, 2.24) is 15.4 Å². The zero-order chi connectivity index (χ0) is 17.4. The molecule has 136 valence electrons. The van der Waals surface area contributed by atoms with Crippen molar-refractivity contribution >= 4 is 5.96 Å². The topological polar surface area (TPSA) is 62.9 Å². The fourth-order valence-corrected chi connectivity index (χ4v) is 3.26. The van der Waals surface area contributed by atoms with E-state index in [0.717, 1.165) is 63.0 Å². The quantitative estimate of drug-likeness (QED) is 0.584. The molecule has 1 atom stereocenters. The lowest BCUT2D eigenvalue weighted by atomic mass is 9.99. The Morgan fingerprint density at radius 1 is 1.46 bits per heavy atom. The van der Waals surface area contributed by atoms with Crippen LogP contribution in [0, 0.1) is 5.92 Å². The number of aliphatic imine (C=N–C) groups is 1. The number of nitrogens with one attached hydrogen (secondary N) is 1. The van der Waals surface area contributed by atoms with Gasteiger partial charge in [0.2, 0.25) is 0 Å². The van der Waals surface area contributed by atoms with Crippen LogP contribution >= 0.6 is 0 Å². The first-order valence-corrected chi connectivity index (χ1v) is 9.20. The summed E-state index contributed by atoms with van der Waals surface area (Å²) in [6.07, 6.45) is 3.33. The van der Waals surface area contributed by atoms with E-state index in [1.165, 1.54) is 0 Å². The van der Waals surface area contributed by atoms with Gasteiger partial charge in [-0.3, -0.25) is 4.99 Å². The smallest absolute Gasteiger partial charge is 0.194 e. The summed E-state index contributed by atoms with van der Waals surface area (Å²) >= 11 is 0. The lowest BCUT2D eigenvalue weighted by Gasteiger charge is -2.21. The molecule has 1 aromatic rings. The van der Waals surface area contributed by atoms with E-state index in [-0.39, 0.29) is 0 Å². The SMILES string of the molecule is CCOCC1CCN(C(=NC)NCc2cc(C(CC)CC)no2)C1. The van der Waals surface area contributed by atoms with E-state index >= 15 is 0 Å². The molecule has 6 heteroatoms. The first-order chi connectivity index (χ1) is 11.7. The van der Waals surface area contributed by atoms with Crippen LogP contribution in [0.15, 0.2) is 15.6 Å². The molecular formula is C18H32N4O2. The normalized spacial score (nSPS) is 18.6. The van der Waals surface area contributed by atoms with Crippen LogP contribution in [0.2, 0.25) is 0 Å². The highest BCUT2D eigenvalue weighted by Crippen LogP contribution is 2.22. The molecule has 1 saturated heterocycles. The molecule has 1 unspecified atom stereocenters. The van der Waals surface area contributed by atoms with E-state index in [1.807, 2.05) is 14.0 Å². The number of nitrogens with zero attached hydrogens (tertiary/aromatic N) is 3. The Morgan fingerprint density at radius 2 is 2.25 bits per heavy atom. The average Bonchev–Trinajstić information content (AvgIpc) is 3.25. The maximum absolute atomic E-state index is 5.54. The monoisotopic (exact) mass is 336 g/mol. The van der Waals surface area contributed by atoms with Crippen LogP contribution in [0.25, 0.3) is 0 Å². The minimum atomic E-state index is 0.486. The molecule has 0 amide bonds. The van der Waals surface area contributed by atoms with Gasteiger partial charge in [0.05, 0.1) is 18.8 Å². The largest absolute Gasteiger partial charge is 0.381 e.